The Labute approximate surface area is 243 Å². The lowest BCUT2D eigenvalue weighted by atomic mass is 10.1. The van der Waals surface area contributed by atoms with Crippen molar-refractivity contribution < 1.29 is 32.7 Å². The summed E-state index contributed by atoms with van der Waals surface area (Å²) in [6.07, 6.45) is -2.51. The highest BCUT2D eigenvalue weighted by Crippen LogP contribution is 2.36. The van der Waals surface area contributed by atoms with E-state index in [4.69, 9.17) is 11.6 Å². The second-order valence-corrected chi connectivity index (χ2v) is 10.6. The monoisotopic (exact) mass is 608 g/mol. The van der Waals surface area contributed by atoms with Gasteiger partial charge in [-0.05, 0) is 24.6 Å². The van der Waals surface area contributed by atoms with Gasteiger partial charge < -0.3 is 30.1 Å². The van der Waals surface area contributed by atoms with Gasteiger partial charge in [-0.3, -0.25) is 19.1 Å². The van der Waals surface area contributed by atoms with Crippen molar-refractivity contribution in [1.82, 2.24) is 34.4 Å². The number of aliphatic hydroxyl groups is 1. The SMILES string of the molecule is Cn1cc(-c2cnc(C(=O)Nc3ccc(C(=O)N4CCN(C(=O)C5C[C@@H](O)CN5)CC4)c(Cl)c3)n2C)c(C(F)(F)F)n1. The van der Waals surface area contributed by atoms with E-state index in [9.17, 15) is 32.7 Å². The zero-order valence-electron chi connectivity index (χ0n) is 22.7. The van der Waals surface area contributed by atoms with Crippen LogP contribution in [0.4, 0.5) is 18.9 Å². The third kappa shape index (κ3) is 5.84. The number of carbonyl (C=O) groups excluding carboxylic acids is 3. The normalized spacial score (nSPS) is 19.3. The first-order valence-electron chi connectivity index (χ1n) is 13.1. The van der Waals surface area contributed by atoms with Gasteiger partial charge in [0.15, 0.2) is 11.5 Å². The summed E-state index contributed by atoms with van der Waals surface area (Å²) < 4.78 is 42.6. The number of halogens is 4. The number of β-amino-alcohol motifs (C(OH)–C–C–N with tert-alkyl or cyclic N) is 1. The van der Waals surface area contributed by atoms with Gasteiger partial charge in [0.05, 0.1) is 40.2 Å². The molecule has 2 aromatic heterocycles. The fourth-order valence-electron chi connectivity index (χ4n) is 5.14. The molecular weight excluding hydrogens is 581 g/mol. The first-order chi connectivity index (χ1) is 19.8. The van der Waals surface area contributed by atoms with Gasteiger partial charge in [-0.25, -0.2) is 4.98 Å². The summed E-state index contributed by atoms with van der Waals surface area (Å²) in [7, 11) is 2.78. The van der Waals surface area contributed by atoms with Crippen LogP contribution in [0.1, 0.15) is 33.1 Å². The van der Waals surface area contributed by atoms with Crippen molar-refractivity contribution in [3.05, 3.63) is 52.7 Å². The highest BCUT2D eigenvalue weighted by Gasteiger charge is 2.38. The Hall–Kier alpha value is -3.95. The van der Waals surface area contributed by atoms with Gasteiger partial charge in [0.1, 0.15) is 0 Å². The molecule has 3 N–H and O–H groups in total. The number of rotatable bonds is 5. The molecule has 1 aromatic carbocycles. The number of aliphatic hydroxyl groups excluding tert-OH is 1. The van der Waals surface area contributed by atoms with E-state index in [1.54, 1.807) is 9.80 Å². The summed E-state index contributed by atoms with van der Waals surface area (Å²) in [6.45, 7) is 1.69. The smallest absolute Gasteiger partial charge is 0.392 e. The van der Waals surface area contributed by atoms with E-state index in [0.717, 1.165) is 10.9 Å². The molecule has 0 radical (unpaired) electrons. The highest BCUT2D eigenvalue weighted by molar-refractivity contribution is 6.34. The zero-order chi connectivity index (χ0) is 30.3. The summed E-state index contributed by atoms with van der Waals surface area (Å²) in [4.78, 5) is 46.0. The topological polar surface area (TPSA) is 138 Å². The van der Waals surface area contributed by atoms with Crippen LogP contribution in [0.2, 0.25) is 5.02 Å². The number of nitrogens with one attached hydrogen (secondary N) is 2. The quantitative estimate of drug-likeness (QED) is 0.401. The predicted octanol–water partition coefficient (Wildman–Crippen LogP) is 1.75. The van der Waals surface area contributed by atoms with Crippen LogP contribution >= 0.6 is 11.6 Å². The fraction of sp³-hybridized carbons (Fsp3) is 0.423. The van der Waals surface area contributed by atoms with Crippen LogP contribution in [-0.2, 0) is 25.1 Å². The number of benzene rings is 1. The van der Waals surface area contributed by atoms with Gasteiger partial charge in [0.25, 0.3) is 11.8 Å². The summed E-state index contributed by atoms with van der Waals surface area (Å²) in [5, 5.41) is 18.9. The van der Waals surface area contributed by atoms with E-state index in [1.165, 1.54) is 43.1 Å². The maximum absolute atomic E-state index is 13.4. The molecule has 0 bridgehead atoms. The van der Waals surface area contributed by atoms with Crippen molar-refractivity contribution in [2.75, 3.05) is 38.0 Å². The minimum atomic E-state index is -4.69. The molecule has 2 aliphatic heterocycles. The maximum Gasteiger partial charge on any atom is 0.435 e. The third-order valence-electron chi connectivity index (χ3n) is 7.31. The van der Waals surface area contributed by atoms with Crippen LogP contribution in [0.3, 0.4) is 0 Å². The predicted molar refractivity (Wildman–Crippen MR) is 145 cm³/mol. The van der Waals surface area contributed by atoms with E-state index in [-0.39, 0.29) is 45.2 Å². The molecule has 3 amide bonds. The maximum atomic E-state index is 13.4. The van der Waals surface area contributed by atoms with Crippen LogP contribution in [-0.4, -0.2) is 96.8 Å². The molecule has 0 aliphatic carbocycles. The van der Waals surface area contributed by atoms with E-state index >= 15 is 0 Å². The number of anilines is 1. The van der Waals surface area contributed by atoms with E-state index < -0.39 is 29.9 Å². The number of alkyl halides is 3. The number of imidazole rings is 1. The zero-order valence-corrected chi connectivity index (χ0v) is 23.4. The lowest BCUT2D eigenvalue weighted by Gasteiger charge is -2.36. The minimum absolute atomic E-state index is 0.0541. The Bertz CT molecular complexity index is 1530. The Kier molecular flexibility index (Phi) is 8.00. The molecule has 2 atom stereocenters. The van der Waals surface area contributed by atoms with Gasteiger partial charge >= 0.3 is 6.18 Å². The van der Waals surface area contributed by atoms with Crippen LogP contribution in [0, 0.1) is 0 Å². The molecule has 12 nitrogen and oxygen atoms in total. The summed E-state index contributed by atoms with van der Waals surface area (Å²) >= 11 is 6.40. The first-order valence-corrected chi connectivity index (χ1v) is 13.4. The van der Waals surface area contributed by atoms with Crippen LogP contribution in [0.25, 0.3) is 11.3 Å². The lowest BCUT2D eigenvalue weighted by molar-refractivity contribution is -0.141. The van der Waals surface area contributed by atoms with E-state index in [0.29, 0.717) is 39.1 Å². The van der Waals surface area contributed by atoms with Crippen molar-refractivity contribution >= 4 is 35.0 Å². The summed E-state index contributed by atoms with van der Waals surface area (Å²) in [5.41, 5.74) is -0.788. The summed E-state index contributed by atoms with van der Waals surface area (Å²) in [6, 6.07) is 3.93. The number of aryl methyl sites for hydroxylation is 1. The van der Waals surface area contributed by atoms with Crippen LogP contribution in [0.5, 0.6) is 0 Å². The van der Waals surface area contributed by atoms with Crippen LogP contribution < -0.4 is 10.6 Å². The van der Waals surface area contributed by atoms with Crippen molar-refractivity contribution in [2.24, 2.45) is 14.1 Å². The molecule has 42 heavy (non-hydrogen) atoms. The second-order valence-electron chi connectivity index (χ2n) is 10.2. The molecule has 2 saturated heterocycles. The van der Waals surface area contributed by atoms with Crippen molar-refractivity contribution in [1.29, 1.82) is 0 Å². The fourth-order valence-corrected chi connectivity index (χ4v) is 5.40. The standard InChI is InChI=1S/C26H28ClF3N8O4/c1-35-13-17(21(34-35)26(28,29)30)20-12-32-22(36(20)2)23(40)33-14-3-4-16(18(27)9-14)24(41)37-5-7-38(8-6-37)25(42)19-10-15(39)11-31-19/h3-4,9,12-13,15,19,31,39H,5-8,10-11H2,1-2H3,(H,33,40)/t15-,19?/m1/s1. The average molecular weight is 609 g/mol. The van der Waals surface area contributed by atoms with E-state index in [2.05, 4.69) is 20.7 Å². The van der Waals surface area contributed by atoms with Crippen molar-refractivity contribution in [3.63, 3.8) is 0 Å². The third-order valence-corrected chi connectivity index (χ3v) is 7.62. The second kappa shape index (κ2) is 11.4. The molecule has 2 aliphatic rings. The first kappa shape index (κ1) is 29.5. The molecular formula is C26H28ClF3N8O4. The number of aromatic nitrogens is 4. The molecule has 1 unspecified atom stereocenters. The molecule has 2 fully saturated rings. The lowest BCUT2D eigenvalue weighted by Crippen LogP contribution is -2.54. The molecule has 3 aromatic rings. The van der Waals surface area contributed by atoms with Crippen molar-refractivity contribution in [3.8, 4) is 11.3 Å². The molecule has 0 saturated carbocycles. The number of piperazine rings is 1. The highest BCUT2D eigenvalue weighted by atomic mass is 35.5. The molecule has 224 valence electrons. The molecule has 4 heterocycles. The average Bonchev–Trinajstić information content (AvgIpc) is 3.65. The Morgan fingerprint density at radius 1 is 1.12 bits per heavy atom. The number of hydrogen-bond acceptors (Lipinski definition) is 7. The molecule has 5 rings (SSSR count). The van der Waals surface area contributed by atoms with Gasteiger partial charge in [0, 0.05) is 58.7 Å². The van der Waals surface area contributed by atoms with E-state index in [1.807, 2.05) is 0 Å². The molecule has 0 spiro atoms. The minimum Gasteiger partial charge on any atom is -0.392 e. The van der Waals surface area contributed by atoms with Gasteiger partial charge in [-0.1, -0.05) is 11.6 Å². The van der Waals surface area contributed by atoms with Crippen molar-refractivity contribution in [2.45, 2.75) is 24.7 Å². The van der Waals surface area contributed by atoms with Gasteiger partial charge in [0.2, 0.25) is 5.91 Å². The number of amides is 3. The Morgan fingerprint density at radius 2 is 1.81 bits per heavy atom. The number of nitrogens with zero attached hydrogens (tertiary/aromatic N) is 6. The molecule has 16 heteroatoms. The number of hydrogen-bond donors (Lipinski definition) is 3. The summed E-state index contributed by atoms with van der Waals surface area (Å²) in [5.74, 6) is -1.27. The Balaban J connectivity index is 1.23. The Morgan fingerprint density at radius 3 is 2.43 bits per heavy atom. The van der Waals surface area contributed by atoms with Gasteiger partial charge in [-0.2, -0.15) is 18.3 Å². The van der Waals surface area contributed by atoms with Crippen LogP contribution in [0.15, 0.2) is 30.6 Å². The largest absolute Gasteiger partial charge is 0.435 e. The number of carbonyl (C=O) groups is 3. The van der Waals surface area contributed by atoms with Gasteiger partial charge in [-0.15, -0.1) is 0 Å².